The van der Waals surface area contributed by atoms with Crippen molar-refractivity contribution in [1.29, 1.82) is 0 Å². The van der Waals surface area contributed by atoms with Crippen molar-refractivity contribution in [2.75, 3.05) is 31.4 Å². The first-order valence-electron chi connectivity index (χ1n) is 17.2. The van der Waals surface area contributed by atoms with E-state index >= 15 is 0 Å². The van der Waals surface area contributed by atoms with Crippen LogP contribution in [0.25, 0.3) is 32.5 Å². The number of imidazole rings is 1. The lowest BCUT2D eigenvalue weighted by molar-refractivity contribution is -0.105. The number of ether oxygens (including phenoxy) is 1. The smallest absolute Gasteiger partial charge is 0.251 e. The predicted molar refractivity (Wildman–Crippen MR) is 209 cm³/mol. The van der Waals surface area contributed by atoms with E-state index in [4.69, 9.17) is 9.26 Å². The minimum absolute atomic E-state index is 0.0437. The molecular formula is C37H57N9O3S. The van der Waals surface area contributed by atoms with Crippen molar-refractivity contribution in [2.24, 2.45) is 0 Å². The van der Waals surface area contributed by atoms with E-state index in [0.29, 0.717) is 12.4 Å². The van der Waals surface area contributed by atoms with Crippen LogP contribution in [-0.4, -0.2) is 61.5 Å². The van der Waals surface area contributed by atoms with E-state index in [1.165, 1.54) is 24.2 Å². The van der Waals surface area contributed by atoms with Crippen molar-refractivity contribution in [2.45, 2.75) is 93.9 Å². The Hall–Kier alpha value is -4.62. The van der Waals surface area contributed by atoms with E-state index in [-0.39, 0.29) is 5.41 Å². The van der Waals surface area contributed by atoms with Crippen LogP contribution in [0.15, 0.2) is 65.7 Å². The van der Waals surface area contributed by atoms with Gasteiger partial charge in [0, 0.05) is 62.1 Å². The summed E-state index contributed by atoms with van der Waals surface area (Å²) in [5.74, 6) is 2.22. The number of amides is 1. The highest BCUT2D eigenvalue weighted by Gasteiger charge is 2.19. The first kappa shape index (κ1) is 43.4. The van der Waals surface area contributed by atoms with Crippen LogP contribution in [0.2, 0.25) is 0 Å². The zero-order valence-corrected chi connectivity index (χ0v) is 32.8. The molecule has 0 saturated carbocycles. The van der Waals surface area contributed by atoms with E-state index in [0.717, 1.165) is 56.9 Å². The molecule has 6 aromatic rings. The molecule has 1 amide bonds. The second-order valence-electron chi connectivity index (χ2n) is 11.5. The Kier molecular flexibility index (Phi) is 20.6. The Morgan fingerprint density at radius 2 is 1.68 bits per heavy atom. The molecule has 5 heterocycles. The average Bonchev–Trinajstić information content (AvgIpc) is 3.92. The number of methoxy groups -OCH3 is 1. The number of nitrogens with one attached hydrogen (secondary N) is 2. The van der Waals surface area contributed by atoms with Crippen LogP contribution in [-0.2, 0) is 14.9 Å². The summed E-state index contributed by atoms with van der Waals surface area (Å²) < 4.78 is 13.4. The van der Waals surface area contributed by atoms with Crippen LogP contribution in [0.4, 0.5) is 11.5 Å². The lowest BCUT2D eigenvalue weighted by Gasteiger charge is -2.11. The molecule has 0 saturated heterocycles. The zero-order chi connectivity index (χ0) is 37.5. The van der Waals surface area contributed by atoms with Gasteiger partial charge in [-0.3, -0.25) is 9.20 Å². The molecule has 0 atom stereocenters. The highest BCUT2D eigenvalue weighted by Crippen LogP contribution is 2.29. The number of carbonyl (C=O) groups excluding carboxylic acids is 1. The molecule has 0 spiro atoms. The number of thiazole rings is 1. The van der Waals surface area contributed by atoms with Crippen molar-refractivity contribution in [3.63, 3.8) is 0 Å². The van der Waals surface area contributed by atoms with E-state index in [9.17, 15) is 4.79 Å². The van der Waals surface area contributed by atoms with Gasteiger partial charge in [-0.1, -0.05) is 111 Å². The molecule has 0 aliphatic heterocycles. The number of hydrogen-bond donors (Lipinski definition) is 2. The molecule has 0 radical (unpaired) electrons. The van der Waals surface area contributed by atoms with Crippen LogP contribution in [0.5, 0.6) is 0 Å². The highest BCUT2D eigenvalue weighted by atomic mass is 32.1. The van der Waals surface area contributed by atoms with Gasteiger partial charge in [0.25, 0.3) is 5.95 Å². The van der Waals surface area contributed by atoms with E-state index in [1.807, 2.05) is 67.9 Å². The van der Waals surface area contributed by atoms with Gasteiger partial charge < -0.3 is 19.9 Å². The maximum atomic E-state index is 10.5. The van der Waals surface area contributed by atoms with Crippen molar-refractivity contribution >= 4 is 44.6 Å². The van der Waals surface area contributed by atoms with Crippen molar-refractivity contribution in [1.82, 2.24) is 34.3 Å². The van der Waals surface area contributed by atoms with Gasteiger partial charge in [0.1, 0.15) is 16.1 Å². The Morgan fingerprint density at radius 3 is 2.14 bits per heavy atom. The molecule has 13 heteroatoms. The third-order valence-electron chi connectivity index (χ3n) is 5.87. The van der Waals surface area contributed by atoms with Gasteiger partial charge in [0.05, 0.1) is 11.9 Å². The van der Waals surface area contributed by atoms with Crippen LogP contribution < -0.4 is 10.6 Å². The normalized spacial score (nSPS) is 10.1. The van der Waals surface area contributed by atoms with Gasteiger partial charge in [-0.25, -0.2) is 14.6 Å². The summed E-state index contributed by atoms with van der Waals surface area (Å²) in [7, 11) is 3.54. The minimum Gasteiger partial charge on any atom is -0.385 e. The fourth-order valence-corrected chi connectivity index (χ4v) is 4.63. The summed E-state index contributed by atoms with van der Waals surface area (Å²) in [6.45, 7) is 21.7. The molecule has 1 aromatic carbocycles. The molecule has 0 aliphatic carbocycles. The first-order valence-corrected chi connectivity index (χ1v) is 18.0. The Labute approximate surface area is 301 Å². The van der Waals surface area contributed by atoms with E-state index in [2.05, 4.69) is 91.2 Å². The molecule has 50 heavy (non-hydrogen) atoms. The van der Waals surface area contributed by atoms with Gasteiger partial charge in [-0.05, 0) is 24.6 Å². The fraction of sp³-hybridized carbons (Fsp3) is 0.459. The van der Waals surface area contributed by atoms with Crippen LogP contribution in [0.3, 0.4) is 0 Å². The lowest BCUT2D eigenvalue weighted by atomic mass is 9.93. The molecular weight excluding hydrogens is 651 g/mol. The van der Waals surface area contributed by atoms with Gasteiger partial charge >= 0.3 is 0 Å². The molecule has 0 bridgehead atoms. The number of carbonyl (C=O) groups is 1. The maximum Gasteiger partial charge on any atom is 0.251 e. The highest BCUT2D eigenvalue weighted by molar-refractivity contribution is 7.23. The lowest BCUT2D eigenvalue weighted by Crippen LogP contribution is -2.09. The third-order valence-corrected chi connectivity index (χ3v) is 6.84. The number of rotatable bonds is 7. The zero-order valence-electron chi connectivity index (χ0n) is 31.9. The fourth-order valence-electron chi connectivity index (χ4n) is 3.68. The van der Waals surface area contributed by atoms with Crippen molar-refractivity contribution < 1.29 is 14.1 Å². The number of aromatic nitrogens is 7. The predicted octanol–water partition coefficient (Wildman–Crippen LogP) is 9.68. The molecule has 0 aliphatic rings. The average molecular weight is 708 g/mol. The number of nitrogens with zero attached hydrogens (tertiary/aromatic N) is 7. The largest absolute Gasteiger partial charge is 0.385 e. The van der Waals surface area contributed by atoms with Gasteiger partial charge in [0.2, 0.25) is 6.41 Å². The van der Waals surface area contributed by atoms with Crippen molar-refractivity contribution in [3.05, 3.63) is 66.9 Å². The summed E-state index contributed by atoms with van der Waals surface area (Å²) in [6.07, 6.45) is 11.5. The summed E-state index contributed by atoms with van der Waals surface area (Å²) in [6, 6.07) is 11.3. The summed E-state index contributed by atoms with van der Waals surface area (Å²) in [5.41, 5.74) is 3.52. The third kappa shape index (κ3) is 13.7. The second kappa shape index (κ2) is 23.7. The second-order valence-corrected chi connectivity index (χ2v) is 12.5. The van der Waals surface area contributed by atoms with E-state index < -0.39 is 0 Å². The summed E-state index contributed by atoms with van der Waals surface area (Å²) in [5, 5.41) is 13.5. The topological polar surface area (TPSA) is 137 Å². The number of benzene rings is 1. The molecule has 6 rings (SSSR count). The molecule has 274 valence electrons. The quantitative estimate of drug-likeness (QED) is 0.155. The Balaban J connectivity index is 0.000000432. The Bertz CT molecular complexity index is 1730. The van der Waals surface area contributed by atoms with Gasteiger partial charge in [-0.15, -0.1) is 0 Å². The molecule has 2 N–H and O–H groups in total. The van der Waals surface area contributed by atoms with Gasteiger partial charge in [-0.2, -0.15) is 10.1 Å². The van der Waals surface area contributed by atoms with E-state index in [1.54, 1.807) is 30.4 Å². The minimum atomic E-state index is 0.0437. The standard InChI is InChI=1S/C17H11N7OS.C8H14N2O.C4H10O.2C3H8.C2H6/c25-10-19-12-4-2-11(3-5-12)13-9-23-14-8-18-16(24-7-1-6-20-24)22-15(14)26-17(23)21-13;1-8(2,3)6-5-7(9-4)10-11-6;1-3-4-5-2;2*1-3-2;1-2/h1-10H,(H,19,25);5H,1-4H3,(H,9,10);3-4H2,1-2H3;2*3H2,1-2H3;1-2H3. The number of fused-ring (bicyclic) bond motifs is 3. The van der Waals surface area contributed by atoms with Crippen LogP contribution >= 0.6 is 11.3 Å². The molecule has 5 aromatic heterocycles. The van der Waals surface area contributed by atoms with Crippen LogP contribution in [0.1, 0.15) is 94.3 Å². The van der Waals surface area contributed by atoms with Gasteiger partial charge in [0.15, 0.2) is 10.8 Å². The summed E-state index contributed by atoms with van der Waals surface area (Å²) >= 11 is 1.50. The molecule has 0 unspecified atom stereocenters. The SMILES string of the molecule is CC.CCC.CCC.CCCOC.CNc1cc(C(C)(C)C)on1.O=CNc1ccc(-c2cn3c(n2)sc2nc(-n4cccn4)ncc23)cc1. The molecule has 12 nitrogen and oxygen atoms in total. The molecule has 0 fully saturated rings. The Morgan fingerprint density at radius 1 is 1.02 bits per heavy atom. The first-order chi connectivity index (χ1) is 24.1. The maximum absolute atomic E-state index is 10.5. The monoisotopic (exact) mass is 707 g/mol. The number of anilines is 2. The van der Waals surface area contributed by atoms with Crippen molar-refractivity contribution in [3.8, 4) is 17.2 Å². The van der Waals surface area contributed by atoms with Crippen LogP contribution in [0, 0.1) is 0 Å². The summed E-state index contributed by atoms with van der Waals surface area (Å²) in [4.78, 5) is 25.8. The number of hydrogen-bond acceptors (Lipinski definition) is 10.